The van der Waals surface area contributed by atoms with Gasteiger partial charge in [-0.1, -0.05) is 0 Å². The molecule has 2 heterocycles. The molecule has 0 spiro atoms. The third-order valence-corrected chi connectivity index (χ3v) is 6.54. The number of hydrogen-bond donors (Lipinski definition) is 0. The Morgan fingerprint density at radius 2 is 2.03 bits per heavy atom. The molecule has 168 valence electrons. The van der Waals surface area contributed by atoms with E-state index in [0.29, 0.717) is 18.7 Å². The predicted octanol–water partition coefficient (Wildman–Crippen LogP) is 4.28. The van der Waals surface area contributed by atoms with Crippen LogP contribution in [0.1, 0.15) is 44.7 Å². The van der Waals surface area contributed by atoms with E-state index in [4.69, 9.17) is 4.74 Å². The Kier molecular flexibility index (Phi) is 6.24. The minimum atomic E-state index is -0.456. The van der Waals surface area contributed by atoms with Crippen molar-refractivity contribution in [2.24, 2.45) is 10.2 Å². The molecular formula is C23H20BrN5O4. The largest absolute Gasteiger partial charge is 0.469 e. The molecule has 0 saturated heterocycles. The molecule has 2 amide bonds. The van der Waals surface area contributed by atoms with Crippen molar-refractivity contribution in [3.05, 3.63) is 51.0 Å². The normalized spacial score (nSPS) is 15.0. The first-order chi connectivity index (χ1) is 15.8. The maximum absolute atomic E-state index is 12.4. The fourth-order valence-electron chi connectivity index (χ4n) is 4.03. The number of nitrogens with zero attached hydrogens (tertiary/aromatic N) is 5. The molecule has 0 radical (unpaired) electrons. The van der Waals surface area contributed by atoms with Crippen LogP contribution < -0.4 is 4.90 Å². The summed E-state index contributed by atoms with van der Waals surface area (Å²) in [6.45, 7) is 1.44. The summed E-state index contributed by atoms with van der Waals surface area (Å²) in [5.74, 6) is -1.15. The molecule has 0 N–H and O–H groups in total. The zero-order valence-corrected chi connectivity index (χ0v) is 19.7. The maximum atomic E-state index is 12.4. The summed E-state index contributed by atoms with van der Waals surface area (Å²) < 4.78 is 5.01. The van der Waals surface area contributed by atoms with Gasteiger partial charge in [0.05, 0.1) is 40.4 Å². The highest BCUT2D eigenvalue weighted by Crippen LogP contribution is 2.40. The van der Waals surface area contributed by atoms with Gasteiger partial charge >= 0.3 is 5.97 Å². The minimum Gasteiger partial charge on any atom is -0.469 e. The fourth-order valence-corrected chi connectivity index (χ4v) is 4.71. The molecule has 33 heavy (non-hydrogen) atoms. The number of imide groups is 1. The van der Waals surface area contributed by atoms with Crippen molar-refractivity contribution >= 4 is 50.8 Å². The summed E-state index contributed by atoms with van der Waals surface area (Å²) in [5, 5.41) is 18.1. The van der Waals surface area contributed by atoms with Gasteiger partial charge in [-0.25, -0.2) is 0 Å². The predicted molar refractivity (Wildman–Crippen MR) is 123 cm³/mol. The standard InChI is InChI=1S/C23H20BrN5O4/c1-28-22(31)16-11-14(12-25)21(20(24)19(16)23(28)32)27-26-15-5-6-17-13(10-15)4-3-8-29(17)9-7-18(30)33-2/h5-6,10-11H,3-4,7-9H2,1-2H3/b27-26+. The van der Waals surface area contributed by atoms with Crippen LogP contribution in [0.25, 0.3) is 0 Å². The molecule has 0 unspecified atom stereocenters. The van der Waals surface area contributed by atoms with E-state index in [2.05, 4.69) is 31.1 Å². The fraction of sp³-hybridized carbons (Fsp3) is 0.304. The average Bonchev–Trinajstić information content (AvgIpc) is 3.05. The van der Waals surface area contributed by atoms with Gasteiger partial charge in [-0.3, -0.25) is 19.3 Å². The number of ether oxygens (including phenoxy) is 1. The highest BCUT2D eigenvalue weighted by atomic mass is 79.9. The van der Waals surface area contributed by atoms with E-state index in [1.165, 1.54) is 20.2 Å². The summed E-state index contributed by atoms with van der Waals surface area (Å²) in [4.78, 5) is 39.4. The van der Waals surface area contributed by atoms with Crippen LogP contribution in [-0.2, 0) is 16.0 Å². The lowest BCUT2D eigenvalue weighted by Crippen LogP contribution is -2.31. The van der Waals surface area contributed by atoms with Gasteiger partial charge in [-0.15, -0.1) is 5.11 Å². The number of carbonyl (C=O) groups excluding carboxylic acids is 3. The molecular weight excluding hydrogens is 490 g/mol. The van der Waals surface area contributed by atoms with Crippen LogP contribution in [0, 0.1) is 11.3 Å². The summed E-state index contributed by atoms with van der Waals surface area (Å²) in [5.41, 5.74) is 3.44. The van der Waals surface area contributed by atoms with E-state index in [1.54, 1.807) is 0 Å². The molecule has 0 saturated carbocycles. The van der Waals surface area contributed by atoms with Gasteiger partial charge < -0.3 is 9.64 Å². The van der Waals surface area contributed by atoms with Gasteiger partial charge in [-0.05, 0) is 58.6 Å². The molecule has 0 fully saturated rings. The summed E-state index contributed by atoms with van der Waals surface area (Å²) in [7, 11) is 2.78. The van der Waals surface area contributed by atoms with E-state index in [-0.39, 0.29) is 32.8 Å². The summed E-state index contributed by atoms with van der Waals surface area (Å²) in [6.07, 6.45) is 2.15. The van der Waals surface area contributed by atoms with E-state index in [9.17, 15) is 19.6 Å². The van der Waals surface area contributed by atoms with Crippen LogP contribution in [0.3, 0.4) is 0 Å². The van der Waals surface area contributed by atoms with Gasteiger partial charge in [0.2, 0.25) is 0 Å². The number of amides is 2. The lowest BCUT2D eigenvalue weighted by atomic mass is 10.0. The number of fused-ring (bicyclic) bond motifs is 2. The average molecular weight is 510 g/mol. The number of benzene rings is 2. The zero-order valence-electron chi connectivity index (χ0n) is 18.1. The molecule has 0 atom stereocenters. The molecule has 2 aliphatic heterocycles. The monoisotopic (exact) mass is 509 g/mol. The van der Waals surface area contributed by atoms with E-state index in [1.807, 2.05) is 24.3 Å². The van der Waals surface area contributed by atoms with Crippen LogP contribution in [0.4, 0.5) is 17.1 Å². The third kappa shape index (κ3) is 4.12. The first-order valence-electron chi connectivity index (χ1n) is 10.3. The topological polar surface area (TPSA) is 115 Å². The molecule has 4 rings (SSSR count). The second kappa shape index (κ2) is 9.11. The Hall–Kier alpha value is -3.58. The van der Waals surface area contributed by atoms with Gasteiger partial charge in [0.1, 0.15) is 11.8 Å². The smallest absolute Gasteiger partial charge is 0.307 e. The number of halogens is 1. The molecule has 2 aromatic rings. The number of nitriles is 1. The molecule has 2 aromatic carbocycles. The van der Waals surface area contributed by atoms with Crippen molar-refractivity contribution in [2.75, 3.05) is 32.1 Å². The second-order valence-corrected chi connectivity index (χ2v) is 8.51. The molecule has 0 aliphatic carbocycles. The number of carbonyl (C=O) groups is 3. The Labute approximate surface area is 198 Å². The second-order valence-electron chi connectivity index (χ2n) is 7.72. The lowest BCUT2D eigenvalue weighted by Gasteiger charge is -2.31. The quantitative estimate of drug-likeness (QED) is 0.337. The maximum Gasteiger partial charge on any atom is 0.307 e. The molecule has 9 nitrogen and oxygen atoms in total. The Morgan fingerprint density at radius 1 is 1.24 bits per heavy atom. The molecule has 0 aromatic heterocycles. The molecule has 10 heteroatoms. The number of esters is 1. The molecule has 0 bridgehead atoms. The highest BCUT2D eigenvalue weighted by molar-refractivity contribution is 9.10. The van der Waals surface area contributed by atoms with Gasteiger partial charge in [-0.2, -0.15) is 10.4 Å². The van der Waals surface area contributed by atoms with Crippen molar-refractivity contribution in [1.29, 1.82) is 5.26 Å². The number of rotatable bonds is 5. The number of methoxy groups -OCH3 is 1. The van der Waals surface area contributed by atoms with Crippen molar-refractivity contribution in [1.82, 2.24) is 4.90 Å². The van der Waals surface area contributed by atoms with Crippen LogP contribution >= 0.6 is 15.9 Å². The first kappa shape index (κ1) is 22.6. The highest BCUT2D eigenvalue weighted by Gasteiger charge is 2.37. The third-order valence-electron chi connectivity index (χ3n) is 5.77. The summed E-state index contributed by atoms with van der Waals surface area (Å²) >= 11 is 3.35. The minimum absolute atomic E-state index is 0.146. The number of anilines is 1. The zero-order chi connectivity index (χ0) is 23.7. The van der Waals surface area contributed by atoms with Gasteiger partial charge in [0.15, 0.2) is 0 Å². The Bertz CT molecular complexity index is 1250. The van der Waals surface area contributed by atoms with Crippen LogP contribution in [0.2, 0.25) is 0 Å². The van der Waals surface area contributed by atoms with E-state index >= 15 is 0 Å². The van der Waals surface area contributed by atoms with Crippen molar-refractivity contribution in [3.63, 3.8) is 0 Å². The number of azo groups is 1. The molecule has 2 aliphatic rings. The Balaban J connectivity index is 1.63. The SMILES string of the molecule is COC(=O)CCN1CCCc2cc(/N=N/c3c(C#N)cc4c(c3Br)C(=O)N(C)C4=O)ccc21. The summed E-state index contributed by atoms with van der Waals surface area (Å²) in [6, 6.07) is 9.09. The number of hydrogen-bond acceptors (Lipinski definition) is 8. The van der Waals surface area contributed by atoms with E-state index in [0.717, 1.165) is 35.5 Å². The number of aryl methyl sites for hydroxylation is 1. The lowest BCUT2D eigenvalue weighted by molar-refractivity contribution is -0.140. The van der Waals surface area contributed by atoms with Crippen LogP contribution in [0.15, 0.2) is 39.0 Å². The van der Waals surface area contributed by atoms with Crippen molar-refractivity contribution in [2.45, 2.75) is 19.3 Å². The van der Waals surface area contributed by atoms with Crippen LogP contribution in [0.5, 0.6) is 0 Å². The first-order valence-corrected chi connectivity index (χ1v) is 11.1. The Morgan fingerprint density at radius 3 is 2.76 bits per heavy atom. The van der Waals surface area contributed by atoms with Crippen LogP contribution in [-0.4, -0.2) is 49.9 Å². The van der Waals surface area contributed by atoms with Gasteiger partial charge in [0.25, 0.3) is 11.8 Å². The van der Waals surface area contributed by atoms with E-state index < -0.39 is 11.8 Å². The van der Waals surface area contributed by atoms with Gasteiger partial charge in [0, 0.05) is 25.8 Å². The van der Waals surface area contributed by atoms with Crippen molar-refractivity contribution < 1.29 is 19.1 Å². The van der Waals surface area contributed by atoms with Crippen molar-refractivity contribution in [3.8, 4) is 6.07 Å².